The van der Waals surface area contributed by atoms with Crippen LogP contribution in [0.3, 0.4) is 0 Å². The highest BCUT2D eigenvalue weighted by atomic mass is 15.3. The quantitative estimate of drug-likeness (QED) is 0.214. The second-order valence-electron chi connectivity index (χ2n) is 10.6. The Labute approximate surface area is 251 Å². The van der Waals surface area contributed by atoms with Crippen molar-refractivity contribution in [1.82, 2.24) is 4.90 Å². The second kappa shape index (κ2) is 11.2. The lowest BCUT2D eigenvalue weighted by atomic mass is 9.91. The van der Waals surface area contributed by atoms with E-state index >= 15 is 0 Å². The van der Waals surface area contributed by atoms with Gasteiger partial charge >= 0.3 is 0 Å². The summed E-state index contributed by atoms with van der Waals surface area (Å²) in [5.74, 6) is 1.62. The van der Waals surface area contributed by atoms with Crippen LogP contribution in [0.15, 0.2) is 156 Å². The minimum Gasteiger partial charge on any atom is -0.333 e. The van der Waals surface area contributed by atoms with Crippen LogP contribution >= 0.6 is 0 Å². The zero-order valence-corrected chi connectivity index (χ0v) is 23.7. The van der Waals surface area contributed by atoms with Gasteiger partial charge in [-0.05, 0) is 50.7 Å². The summed E-state index contributed by atoms with van der Waals surface area (Å²) in [5, 5.41) is 11.8. The monoisotopic (exact) mass is 552 g/mol. The number of aliphatic imine (C=N–C) groups is 2. The molecule has 0 aromatic heterocycles. The fourth-order valence-electron chi connectivity index (χ4n) is 5.80. The van der Waals surface area contributed by atoms with E-state index in [2.05, 4.69) is 109 Å². The maximum Gasteiger partial charge on any atom is 0.159 e. The molecule has 1 unspecified atom stereocenters. The maximum atomic E-state index is 9.43. The van der Waals surface area contributed by atoms with Crippen molar-refractivity contribution < 1.29 is 0 Å². The molecule has 0 aliphatic carbocycles. The lowest BCUT2D eigenvalue weighted by molar-refractivity contribution is 0.383. The Hall–Kier alpha value is -5.79. The number of rotatable bonds is 5. The van der Waals surface area contributed by atoms with Crippen LogP contribution in [0.1, 0.15) is 28.4 Å². The lowest BCUT2D eigenvalue weighted by Crippen LogP contribution is -2.35. The van der Waals surface area contributed by atoms with Crippen molar-refractivity contribution in [2.75, 3.05) is 7.05 Å². The molecule has 6 aromatic rings. The summed E-state index contributed by atoms with van der Waals surface area (Å²) in [6, 6.07) is 52.1. The first-order valence-electron chi connectivity index (χ1n) is 14.3. The SMILES string of the molecule is CN1C(c2ccccc2)=NC(c2ccccc2)=NC1c1ccc(-c2ccc(-c3cccc(C#N)c3)c3ccccc23)cc1. The van der Waals surface area contributed by atoms with E-state index in [4.69, 9.17) is 9.98 Å². The summed E-state index contributed by atoms with van der Waals surface area (Å²) < 4.78 is 0. The number of amidine groups is 2. The molecule has 0 fully saturated rings. The van der Waals surface area contributed by atoms with Crippen LogP contribution in [-0.4, -0.2) is 23.6 Å². The van der Waals surface area contributed by atoms with Gasteiger partial charge in [0.15, 0.2) is 5.84 Å². The molecule has 4 nitrogen and oxygen atoms in total. The van der Waals surface area contributed by atoms with Crippen LogP contribution in [0, 0.1) is 11.3 Å². The van der Waals surface area contributed by atoms with E-state index in [1.54, 1.807) is 0 Å². The van der Waals surface area contributed by atoms with Gasteiger partial charge in [-0.15, -0.1) is 0 Å². The first-order chi connectivity index (χ1) is 21.2. The van der Waals surface area contributed by atoms with Crippen molar-refractivity contribution in [2.24, 2.45) is 9.98 Å². The zero-order chi connectivity index (χ0) is 29.2. The van der Waals surface area contributed by atoms with Crippen LogP contribution in [0.5, 0.6) is 0 Å². The molecule has 0 amide bonds. The molecule has 4 heteroatoms. The van der Waals surface area contributed by atoms with Gasteiger partial charge in [0.05, 0.1) is 11.6 Å². The highest BCUT2D eigenvalue weighted by Gasteiger charge is 2.26. The third-order valence-electron chi connectivity index (χ3n) is 7.97. The van der Waals surface area contributed by atoms with Crippen molar-refractivity contribution in [1.29, 1.82) is 5.26 Å². The van der Waals surface area contributed by atoms with Crippen LogP contribution < -0.4 is 0 Å². The smallest absolute Gasteiger partial charge is 0.159 e. The molecule has 0 saturated carbocycles. The van der Waals surface area contributed by atoms with E-state index in [0.717, 1.165) is 50.4 Å². The third kappa shape index (κ3) is 4.98. The van der Waals surface area contributed by atoms with Crippen LogP contribution in [-0.2, 0) is 0 Å². The van der Waals surface area contributed by atoms with Gasteiger partial charge in [-0.1, -0.05) is 133 Å². The summed E-state index contributed by atoms with van der Waals surface area (Å²) in [6.45, 7) is 0. The summed E-state index contributed by atoms with van der Waals surface area (Å²) in [5.41, 5.74) is 8.27. The van der Waals surface area contributed by atoms with Gasteiger partial charge < -0.3 is 4.90 Å². The van der Waals surface area contributed by atoms with Crippen molar-refractivity contribution in [2.45, 2.75) is 6.17 Å². The second-order valence-corrected chi connectivity index (χ2v) is 10.6. The number of benzene rings is 6. The summed E-state index contributed by atoms with van der Waals surface area (Å²) >= 11 is 0. The van der Waals surface area contributed by atoms with Gasteiger partial charge in [-0.2, -0.15) is 5.26 Å². The molecule has 43 heavy (non-hydrogen) atoms. The average molecular weight is 553 g/mol. The number of fused-ring (bicyclic) bond motifs is 1. The molecule has 1 heterocycles. The largest absolute Gasteiger partial charge is 0.333 e. The van der Waals surface area contributed by atoms with E-state index in [0.29, 0.717) is 5.56 Å². The van der Waals surface area contributed by atoms with E-state index in [9.17, 15) is 5.26 Å². The van der Waals surface area contributed by atoms with Gasteiger partial charge in [-0.25, -0.2) is 9.98 Å². The topological polar surface area (TPSA) is 51.8 Å². The van der Waals surface area contributed by atoms with Gasteiger partial charge in [0.2, 0.25) is 0 Å². The molecule has 1 aliphatic heterocycles. The molecular formula is C39H28N4. The van der Waals surface area contributed by atoms with Crippen molar-refractivity contribution in [3.05, 3.63) is 168 Å². The molecule has 7 rings (SSSR count). The lowest BCUT2D eigenvalue weighted by Gasteiger charge is -2.32. The number of hydrogen-bond acceptors (Lipinski definition) is 4. The first-order valence-corrected chi connectivity index (χ1v) is 14.3. The van der Waals surface area contributed by atoms with Gasteiger partial charge in [0, 0.05) is 18.2 Å². The molecule has 6 aromatic carbocycles. The van der Waals surface area contributed by atoms with E-state index < -0.39 is 0 Å². The number of hydrogen-bond donors (Lipinski definition) is 0. The van der Waals surface area contributed by atoms with Crippen LogP contribution in [0.2, 0.25) is 0 Å². The van der Waals surface area contributed by atoms with E-state index in [1.165, 1.54) is 10.9 Å². The third-order valence-corrected chi connectivity index (χ3v) is 7.97. The molecule has 204 valence electrons. The standard InChI is InChI=1S/C39H28N4/c1-43-38(30-14-6-3-7-15-30)41-37(29-12-4-2-5-13-29)42-39(43)31-21-19-28(20-22-31)33-23-24-34(36-18-9-8-17-35(33)36)32-16-10-11-27(25-32)26-40/h2-25,39H,1H3. The predicted octanol–water partition coefficient (Wildman–Crippen LogP) is 8.88. The molecule has 0 saturated heterocycles. The van der Waals surface area contributed by atoms with E-state index in [-0.39, 0.29) is 6.17 Å². The Morgan fingerprint density at radius 3 is 1.81 bits per heavy atom. The Bertz CT molecular complexity index is 2040. The van der Waals surface area contributed by atoms with Gasteiger partial charge in [0.1, 0.15) is 12.0 Å². The van der Waals surface area contributed by atoms with Gasteiger partial charge in [0.25, 0.3) is 0 Å². The van der Waals surface area contributed by atoms with Crippen LogP contribution in [0.4, 0.5) is 0 Å². The molecule has 0 spiro atoms. The molecule has 0 N–H and O–H groups in total. The molecule has 0 radical (unpaired) electrons. The van der Waals surface area contributed by atoms with Gasteiger partial charge in [-0.3, -0.25) is 0 Å². The fraction of sp³-hybridized carbons (Fsp3) is 0.0513. The molecular weight excluding hydrogens is 524 g/mol. The summed E-state index contributed by atoms with van der Waals surface area (Å²) in [4.78, 5) is 12.3. The van der Waals surface area contributed by atoms with Crippen molar-refractivity contribution >= 4 is 22.4 Å². The minimum atomic E-state index is -0.219. The molecule has 0 bridgehead atoms. The average Bonchev–Trinajstić information content (AvgIpc) is 3.09. The van der Waals surface area contributed by atoms with E-state index in [1.807, 2.05) is 54.6 Å². The summed E-state index contributed by atoms with van der Waals surface area (Å²) in [7, 11) is 2.06. The molecule has 1 aliphatic rings. The van der Waals surface area contributed by atoms with Crippen LogP contribution in [0.25, 0.3) is 33.0 Å². The first kappa shape index (κ1) is 26.1. The zero-order valence-electron chi connectivity index (χ0n) is 23.7. The minimum absolute atomic E-state index is 0.219. The Balaban J connectivity index is 1.28. The predicted molar refractivity (Wildman–Crippen MR) is 176 cm³/mol. The Kier molecular flexibility index (Phi) is 6.83. The number of nitriles is 1. The Morgan fingerprint density at radius 2 is 1.16 bits per heavy atom. The van der Waals surface area contributed by atoms with Crippen molar-refractivity contribution in [3.8, 4) is 28.3 Å². The summed E-state index contributed by atoms with van der Waals surface area (Å²) in [6.07, 6.45) is -0.219. The highest BCUT2D eigenvalue weighted by molar-refractivity contribution is 6.13. The fourth-order valence-corrected chi connectivity index (χ4v) is 5.80. The van der Waals surface area contributed by atoms with Crippen molar-refractivity contribution in [3.63, 3.8) is 0 Å². The highest BCUT2D eigenvalue weighted by Crippen LogP contribution is 2.37. The molecule has 1 atom stereocenters. The number of nitrogens with zero attached hydrogens (tertiary/aromatic N) is 4. The Morgan fingerprint density at radius 1 is 0.581 bits per heavy atom. The normalized spacial score (nSPS) is 14.6. The maximum absolute atomic E-state index is 9.43.